The van der Waals surface area contributed by atoms with Gasteiger partial charge in [0.15, 0.2) is 0 Å². The lowest BCUT2D eigenvalue weighted by atomic mass is 10.1. The molecule has 1 aliphatic rings. The number of nitrogens with one attached hydrogen (secondary N) is 3. The second-order valence-electron chi connectivity index (χ2n) is 9.50. The standard InChI is InChI=1S/C29H28BrClF2N4O4/c1-37-12-2-3-24(37)29(40)34-15-17-4-10-23(31)21(13-17)27(38)36-20-9-11-25(41-16-26(32)33)22(14-20)28(39)35-19-7-5-18(30)6-8-19/h4-11,13-14,24,26H,2-3,12,15-16H2,1H3,(H,34,40)(H,35,39)(H,36,38)/t24-/m0/s1. The van der Waals surface area contributed by atoms with Crippen LogP contribution in [0.2, 0.25) is 5.02 Å². The summed E-state index contributed by atoms with van der Waals surface area (Å²) >= 11 is 9.63. The zero-order valence-electron chi connectivity index (χ0n) is 22.1. The summed E-state index contributed by atoms with van der Waals surface area (Å²) in [6.45, 7) is 0.188. The largest absolute Gasteiger partial charge is 0.487 e. The zero-order valence-corrected chi connectivity index (χ0v) is 24.4. The first-order valence-corrected chi connectivity index (χ1v) is 14.0. The third-order valence-corrected chi connectivity index (χ3v) is 7.37. The van der Waals surface area contributed by atoms with Crippen LogP contribution in [-0.4, -0.2) is 55.3 Å². The van der Waals surface area contributed by atoms with Gasteiger partial charge in [0.1, 0.15) is 12.4 Å². The lowest BCUT2D eigenvalue weighted by Gasteiger charge is -2.18. The number of alkyl halides is 2. The van der Waals surface area contributed by atoms with Gasteiger partial charge < -0.3 is 20.7 Å². The number of nitrogens with zero attached hydrogens (tertiary/aromatic N) is 1. The monoisotopic (exact) mass is 648 g/mol. The van der Waals surface area contributed by atoms with Crippen molar-refractivity contribution in [3.05, 3.63) is 86.8 Å². The first kappa shape index (κ1) is 30.4. The van der Waals surface area contributed by atoms with Crippen LogP contribution in [0.15, 0.2) is 65.1 Å². The van der Waals surface area contributed by atoms with Crippen LogP contribution in [-0.2, 0) is 11.3 Å². The Hall–Kier alpha value is -3.54. The van der Waals surface area contributed by atoms with Gasteiger partial charge in [0.25, 0.3) is 18.2 Å². The number of anilines is 2. The predicted molar refractivity (Wildman–Crippen MR) is 157 cm³/mol. The Morgan fingerprint density at radius 2 is 1.68 bits per heavy atom. The van der Waals surface area contributed by atoms with Crippen molar-refractivity contribution in [2.75, 3.05) is 30.8 Å². The van der Waals surface area contributed by atoms with Crippen LogP contribution in [0.4, 0.5) is 20.2 Å². The van der Waals surface area contributed by atoms with Crippen LogP contribution in [0.3, 0.4) is 0 Å². The molecule has 1 aliphatic heterocycles. The number of hydrogen-bond acceptors (Lipinski definition) is 5. The Morgan fingerprint density at radius 1 is 1.00 bits per heavy atom. The van der Waals surface area contributed by atoms with Gasteiger partial charge in [0.05, 0.1) is 22.2 Å². The maximum absolute atomic E-state index is 13.2. The highest BCUT2D eigenvalue weighted by molar-refractivity contribution is 9.10. The number of carbonyl (C=O) groups excluding carboxylic acids is 3. The van der Waals surface area contributed by atoms with Crippen molar-refractivity contribution in [3.8, 4) is 5.75 Å². The van der Waals surface area contributed by atoms with E-state index in [1.54, 1.807) is 42.5 Å². The minimum atomic E-state index is -2.74. The Balaban J connectivity index is 1.49. The second kappa shape index (κ2) is 13.9. The fourth-order valence-electron chi connectivity index (χ4n) is 4.40. The molecular formula is C29H28BrClF2N4O4. The molecule has 0 aliphatic carbocycles. The molecule has 3 aromatic carbocycles. The van der Waals surface area contributed by atoms with Gasteiger partial charge in [-0.3, -0.25) is 19.3 Å². The normalized spacial score (nSPS) is 15.0. The maximum Gasteiger partial charge on any atom is 0.272 e. The number of rotatable bonds is 10. The molecule has 41 heavy (non-hydrogen) atoms. The van der Waals surface area contributed by atoms with Crippen molar-refractivity contribution < 1.29 is 27.9 Å². The molecule has 0 saturated carbocycles. The van der Waals surface area contributed by atoms with Crippen LogP contribution >= 0.6 is 27.5 Å². The Labute approximate surface area is 249 Å². The van der Waals surface area contributed by atoms with E-state index in [4.69, 9.17) is 16.3 Å². The number of hydrogen-bond donors (Lipinski definition) is 3. The van der Waals surface area contributed by atoms with E-state index < -0.39 is 24.8 Å². The van der Waals surface area contributed by atoms with Gasteiger partial charge in [-0.2, -0.15) is 0 Å². The molecule has 0 radical (unpaired) electrons. The fourth-order valence-corrected chi connectivity index (χ4v) is 4.87. The summed E-state index contributed by atoms with van der Waals surface area (Å²) in [5, 5.41) is 8.48. The van der Waals surface area contributed by atoms with Crippen molar-refractivity contribution in [2.24, 2.45) is 0 Å². The van der Waals surface area contributed by atoms with Crippen LogP contribution in [0.25, 0.3) is 0 Å². The van der Waals surface area contributed by atoms with E-state index in [0.717, 1.165) is 23.9 Å². The minimum absolute atomic E-state index is 0.0502. The maximum atomic E-state index is 13.2. The number of likely N-dealkylation sites (tertiary alicyclic amines) is 1. The minimum Gasteiger partial charge on any atom is -0.487 e. The van der Waals surface area contributed by atoms with Crippen LogP contribution in [0, 0.1) is 0 Å². The summed E-state index contributed by atoms with van der Waals surface area (Å²) in [7, 11) is 1.91. The molecule has 0 aromatic heterocycles. The number of likely N-dealkylation sites (N-methyl/N-ethyl adjacent to an activating group) is 1. The molecule has 4 rings (SSSR count). The molecule has 12 heteroatoms. The van der Waals surface area contributed by atoms with Gasteiger partial charge in [-0.1, -0.05) is 33.6 Å². The van der Waals surface area contributed by atoms with Gasteiger partial charge in [0, 0.05) is 22.4 Å². The molecule has 8 nitrogen and oxygen atoms in total. The lowest BCUT2D eigenvalue weighted by molar-refractivity contribution is -0.125. The molecule has 0 spiro atoms. The summed E-state index contributed by atoms with van der Waals surface area (Å²) in [4.78, 5) is 40.8. The summed E-state index contributed by atoms with van der Waals surface area (Å²) in [5.41, 5.74) is 1.49. The Bertz CT molecular complexity index is 1420. The molecule has 3 amide bonds. The van der Waals surface area contributed by atoms with Crippen molar-refractivity contribution in [3.63, 3.8) is 0 Å². The van der Waals surface area contributed by atoms with Crippen molar-refractivity contribution in [2.45, 2.75) is 31.9 Å². The fraction of sp³-hybridized carbons (Fsp3) is 0.276. The highest BCUT2D eigenvalue weighted by Gasteiger charge is 2.27. The topological polar surface area (TPSA) is 99.8 Å². The first-order chi connectivity index (χ1) is 19.6. The SMILES string of the molecule is CN1CCC[C@H]1C(=O)NCc1ccc(Cl)c(C(=O)Nc2ccc(OCC(F)F)c(C(=O)Nc3ccc(Br)cc3)c2)c1. The molecule has 3 N–H and O–H groups in total. The van der Waals surface area contributed by atoms with E-state index in [9.17, 15) is 23.2 Å². The molecule has 1 saturated heterocycles. The molecule has 0 unspecified atom stereocenters. The van der Waals surface area contributed by atoms with Gasteiger partial charge in [0.2, 0.25) is 5.91 Å². The molecule has 1 heterocycles. The van der Waals surface area contributed by atoms with Crippen molar-refractivity contribution in [1.82, 2.24) is 10.2 Å². The number of halogens is 4. The number of carbonyl (C=O) groups is 3. The van der Waals surface area contributed by atoms with Crippen LogP contribution in [0.5, 0.6) is 5.75 Å². The van der Waals surface area contributed by atoms with Crippen molar-refractivity contribution >= 4 is 56.6 Å². The predicted octanol–water partition coefficient (Wildman–Crippen LogP) is 5.96. The van der Waals surface area contributed by atoms with E-state index in [-0.39, 0.29) is 46.1 Å². The van der Waals surface area contributed by atoms with E-state index in [1.165, 1.54) is 18.2 Å². The molecular weight excluding hydrogens is 622 g/mol. The molecule has 0 bridgehead atoms. The Kier molecular flexibility index (Phi) is 10.3. The highest BCUT2D eigenvalue weighted by atomic mass is 79.9. The average Bonchev–Trinajstić information content (AvgIpc) is 3.38. The van der Waals surface area contributed by atoms with Gasteiger partial charge in [-0.05, 0) is 86.6 Å². The third kappa shape index (κ3) is 8.25. The van der Waals surface area contributed by atoms with Gasteiger partial charge in [-0.15, -0.1) is 0 Å². The molecule has 1 fully saturated rings. The summed E-state index contributed by atoms with van der Waals surface area (Å²) in [6.07, 6.45) is -0.978. The zero-order chi connectivity index (χ0) is 29.5. The molecule has 3 aromatic rings. The molecule has 216 valence electrons. The lowest BCUT2D eigenvalue weighted by Crippen LogP contribution is -2.41. The number of ether oxygens (including phenoxy) is 1. The van der Waals surface area contributed by atoms with Crippen LogP contribution in [0.1, 0.15) is 39.1 Å². The van der Waals surface area contributed by atoms with Crippen LogP contribution < -0.4 is 20.7 Å². The first-order valence-electron chi connectivity index (χ1n) is 12.8. The van der Waals surface area contributed by atoms with Crippen molar-refractivity contribution in [1.29, 1.82) is 0 Å². The number of amides is 3. The second-order valence-corrected chi connectivity index (χ2v) is 10.8. The molecule has 1 atom stereocenters. The smallest absolute Gasteiger partial charge is 0.272 e. The van der Waals surface area contributed by atoms with E-state index >= 15 is 0 Å². The quantitative estimate of drug-likeness (QED) is 0.252. The highest BCUT2D eigenvalue weighted by Crippen LogP contribution is 2.27. The average molecular weight is 650 g/mol. The summed E-state index contributed by atoms with van der Waals surface area (Å²) in [5.74, 6) is -1.31. The van der Waals surface area contributed by atoms with Gasteiger partial charge in [-0.25, -0.2) is 8.78 Å². The van der Waals surface area contributed by atoms with Gasteiger partial charge >= 0.3 is 0 Å². The van der Waals surface area contributed by atoms with E-state index in [0.29, 0.717) is 11.3 Å². The number of benzene rings is 3. The Morgan fingerprint density at radius 3 is 2.37 bits per heavy atom. The van der Waals surface area contributed by atoms with E-state index in [1.807, 2.05) is 11.9 Å². The van der Waals surface area contributed by atoms with E-state index in [2.05, 4.69) is 31.9 Å². The summed E-state index contributed by atoms with van der Waals surface area (Å²) in [6, 6.07) is 15.6. The third-order valence-electron chi connectivity index (χ3n) is 6.51. The summed E-state index contributed by atoms with van der Waals surface area (Å²) < 4.78 is 31.6.